The molecular weight excluding hydrogens is 416 g/mol. The molecule has 3 N–H and O–H groups in total. The van der Waals surface area contributed by atoms with Crippen LogP contribution in [0.3, 0.4) is 0 Å². The largest absolute Gasteiger partial charge is 0.356 e. The predicted octanol–water partition coefficient (Wildman–Crippen LogP) is 3.25. The van der Waals surface area contributed by atoms with Gasteiger partial charge in [0.15, 0.2) is 0 Å². The predicted molar refractivity (Wildman–Crippen MR) is 108 cm³/mol. The lowest BCUT2D eigenvalue weighted by Gasteiger charge is -2.32. The molecule has 0 radical (unpaired) electrons. The Hall–Kier alpha value is -2.15. The van der Waals surface area contributed by atoms with Crippen molar-refractivity contribution in [2.24, 2.45) is 11.8 Å². The molecule has 29 heavy (non-hydrogen) atoms. The van der Waals surface area contributed by atoms with E-state index < -0.39 is 23.2 Å². The third kappa shape index (κ3) is 2.70. The van der Waals surface area contributed by atoms with E-state index in [-0.39, 0.29) is 29.3 Å². The number of halogens is 3. The van der Waals surface area contributed by atoms with E-state index in [0.717, 1.165) is 5.56 Å². The second kappa shape index (κ2) is 6.69. The maximum atomic E-state index is 14.7. The summed E-state index contributed by atoms with van der Waals surface area (Å²) in [4.78, 5) is 26.1. The van der Waals surface area contributed by atoms with Gasteiger partial charge in [-0.1, -0.05) is 41.4 Å². The Labute approximate surface area is 177 Å². The van der Waals surface area contributed by atoms with Crippen LogP contribution in [-0.2, 0) is 21.5 Å². The SMILES string of the molecule is O=C1NCC[C@H]2N[C@@]3(C(=O)Nc4cc(Cl)ccc43)C(Cc3cccc(Cl)c3F)[C@@H]12. The molecular formula is C21H18Cl2FN3O2. The number of fused-ring (bicyclic) bond motifs is 3. The molecule has 2 saturated heterocycles. The molecule has 0 aliphatic carbocycles. The maximum absolute atomic E-state index is 14.7. The zero-order valence-electron chi connectivity index (χ0n) is 15.3. The number of rotatable bonds is 2. The first-order chi connectivity index (χ1) is 13.9. The van der Waals surface area contributed by atoms with Crippen LogP contribution in [0, 0.1) is 17.7 Å². The first-order valence-electron chi connectivity index (χ1n) is 9.51. The van der Waals surface area contributed by atoms with E-state index in [0.29, 0.717) is 29.2 Å². The Kier molecular flexibility index (Phi) is 4.35. The normalized spacial score (nSPS) is 30.1. The number of anilines is 1. The highest BCUT2D eigenvalue weighted by Gasteiger charge is 2.63. The van der Waals surface area contributed by atoms with Crippen LogP contribution in [0.2, 0.25) is 10.0 Å². The number of hydrogen-bond donors (Lipinski definition) is 3. The first-order valence-corrected chi connectivity index (χ1v) is 10.3. The Morgan fingerprint density at radius 3 is 2.83 bits per heavy atom. The first kappa shape index (κ1) is 18.9. The van der Waals surface area contributed by atoms with Crippen LogP contribution in [0.5, 0.6) is 0 Å². The summed E-state index contributed by atoms with van der Waals surface area (Å²) < 4.78 is 14.7. The molecule has 8 heteroatoms. The van der Waals surface area contributed by atoms with Crippen molar-refractivity contribution >= 4 is 40.7 Å². The Balaban J connectivity index is 1.67. The highest BCUT2D eigenvalue weighted by molar-refractivity contribution is 6.31. The Morgan fingerprint density at radius 1 is 1.17 bits per heavy atom. The van der Waals surface area contributed by atoms with Crippen molar-refractivity contribution < 1.29 is 14.0 Å². The molecule has 4 atom stereocenters. The third-order valence-electron chi connectivity index (χ3n) is 6.38. The van der Waals surface area contributed by atoms with Crippen molar-refractivity contribution in [3.63, 3.8) is 0 Å². The average molecular weight is 434 g/mol. The second-order valence-electron chi connectivity index (χ2n) is 7.83. The monoisotopic (exact) mass is 433 g/mol. The van der Waals surface area contributed by atoms with Gasteiger partial charge in [-0.15, -0.1) is 0 Å². The zero-order valence-corrected chi connectivity index (χ0v) is 16.8. The number of benzene rings is 2. The fourth-order valence-corrected chi connectivity index (χ4v) is 5.53. The summed E-state index contributed by atoms with van der Waals surface area (Å²) in [5.74, 6) is -1.82. The van der Waals surface area contributed by atoms with E-state index in [1.54, 1.807) is 30.3 Å². The van der Waals surface area contributed by atoms with Gasteiger partial charge in [0, 0.05) is 34.8 Å². The maximum Gasteiger partial charge on any atom is 0.249 e. The van der Waals surface area contributed by atoms with Crippen LogP contribution in [0.1, 0.15) is 17.5 Å². The number of carbonyl (C=O) groups excluding carboxylic acids is 2. The van der Waals surface area contributed by atoms with Crippen molar-refractivity contribution in [2.75, 3.05) is 11.9 Å². The smallest absolute Gasteiger partial charge is 0.249 e. The summed E-state index contributed by atoms with van der Waals surface area (Å²) in [6.45, 7) is 0.538. The molecule has 0 aromatic heterocycles. The summed E-state index contributed by atoms with van der Waals surface area (Å²) in [6, 6.07) is 9.86. The summed E-state index contributed by atoms with van der Waals surface area (Å²) in [6.07, 6.45) is 0.895. The van der Waals surface area contributed by atoms with Gasteiger partial charge in [-0.2, -0.15) is 0 Å². The van der Waals surface area contributed by atoms with Crippen molar-refractivity contribution in [3.05, 3.63) is 63.4 Å². The van der Waals surface area contributed by atoms with Crippen LogP contribution >= 0.6 is 23.2 Å². The van der Waals surface area contributed by atoms with E-state index in [2.05, 4.69) is 16.0 Å². The van der Waals surface area contributed by atoms with E-state index >= 15 is 0 Å². The molecule has 5 nitrogen and oxygen atoms in total. The minimum absolute atomic E-state index is 0.0233. The molecule has 1 unspecified atom stereocenters. The lowest BCUT2D eigenvalue weighted by molar-refractivity contribution is -0.129. The van der Waals surface area contributed by atoms with Gasteiger partial charge in [0.25, 0.3) is 0 Å². The van der Waals surface area contributed by atoms with Crippen LogP contribution in [0.25, 0.3) is 0 Å². The topological polar surface area (TPSA) is 70.2 Å². The van der Waals surface area contributed by atoms with Crippen LogP contribution in [0.15, 0.2) is 36.4 Å². The summed E-state index contributed by atoms with van der Waals surface area (Å²) in [7, 11) is 0. The highest BCUT2D eigenvalue weighted by Crippen LogP contribution is 2.52. The van der Waals surface area contributed by atoms with Gasteiger partial charge in [0.1, 0.15) is 11.4 Å². The molecule has 0 bridgehead atoms. The molecule has 1 spiro atoms. The number of carbonyl (C=O) groups is 2. The van der Waals surface area contributed by atoms with Crippen LogP contribution in [-0.4, -0.2) is 24.4 Å². The van der Waals surface area contributed by atoms with Crippen molar-refractivity contribution in [1.82, 2.24) is 10.6 Å². The third-order valence-corrected chi connectivity index (χ3v) is 6.90. The van der Waals surface area contributed by atoms with E-state index in [1.807, 2.05) is 0 Å². The number of amides is 2. The number of piperidine rings is 1. The molecule has 3 aliphatic heterocycles. The van der Waals surface area contributed by atoms with Crippen molar-refractivity contribution in [3.8, 4) is 0 Å². The molecule has 150 valence electrons. The van der Waals surface area contributed by atoms with Gasteiger partial charge in [-0.3, -0.25) is 14.9 Å². The van der Waals surface area contributed by atoms with E-state index in [9.17, 15) is 14.0 Å². The van der Waals surface area contributed by atoms with Gasteiger partial charge in [-0.05, 0) is 36.6 Å². The quantitative estimate of drug-likeness (QED) is 0.680. The minimum atomic E-state index is -1.13. The van der Waals surface area contributed by atoms with Gasteiger partial charge in [0.05, 0.1) is 10.9 Å². The Bertz CT molecular complexity index is 1050. The van der Waals surface area contributed by atoms with Gasteiger partial charge in [-0.25, -0.2) is 4.39 Å². The summed E-state index contributed by atoms with van der Waals surface area (Å²) in [5, 5.41) is 9.78. The number of hydrogen-bond acceptors (Lipinski definition) is 3. The zero-order chi connectivity index (χ0) is 20.3. The lowest BCUT2D eigenvalue weighted by atomic mass is 9.71. The fraction of sp³-hybridized carbons (Fsp3) is 0.333. The van der Waals surface area contributed by atoms with Crippen LogP contribution in [0.4, 0.5) is 10.1 Å². The van der Waals surface area contributed by atoms with Crippen LogP contribution < -0.4 is 16.0 Å². The van der Waals surface area contributed by atoms with E-state index in [1.165, 1.54) is 6.07 Å². The fourth-order valence-electron chi connectivity index (χ4n) is 5.17. The van der Waals surface area contributed by atoms with Crippen molar-refractivity contribution in [2.45, 2.75) is 24.4 Å². The lowest BCUT2D eigenvalue weighted by Crippen LogP contribution is -2.50. The Morgan fingerprint density at radius 2 is 2.00 bits per heavy atom. The van der Waals surface area contributed by atoms with Gasteiger partial charge >= 0.3 is 0 Å². The average Bonchev–Trinajstić information content (AvgIpc) is 3.15. The van der Waals surface area contributed by atoms with Gasteiger partial charge in [0.2, 0.25) is 11.8 Å². The molecule has 2 aromatic carbocycles. The van der Waals surface area contributed by atoms with Crippen molar-refractivity contribution in [1.29, 1.82) is 0 Å². The molecule has 2 amide bonds. The molecule has 2 fully saturated rings. The molecule has 3 heterocycles. The molecule has 5 rings (SSSR count). The van der Waals surface area contributed by atoms with E-state index in [4.69, 9.17) is 23.2 Å². The molecule has 2 aromatic rings. The minimum Gasteiger partial charge on any atom is -0.356 e. The second-order valence-corrected chi connectivity index (χ2v) is 8.68. The van der Waals surface area contributed by atoms with Gasteiger partial charge < -0.3 is 10.6 Å². The molecule has 0 saturated carbocycles. The number of nitrogens with one attached hydrogen (secondary N) is 3. The summed E-state index contributed by atoms with van der Waals surface area (Å²) in [5.41, 5.74) is 0.608. The summed E-state index contributed by atoms with van der Waals surface area (Å²) >= 11 is 12.1. The highest BCUT2D eigenvalue weighted by atomic mass is 35.5. The molecule has 3 aliphatic rings. The standard InChI is InChI=1S/C21H18Cl2FN3O2/c22-11-4-5-12-16(9-11)26-20(29)21(12)13(8-10-2-1-3-14(23)18(10)24)17-15(27-21)6-7-25-19(17)28/h1-5,9,13,15,17,27H,6-8H2,(H,25,28)(H,26,29)/t13?,15-,17-,21-/m1/s1.